The number of aliphatic hydroxyl groups excluding tert-OH is 3. The molecule has 0 aliphatic heterocycles. The predicted octanol–water partition coefficient (Wildman–Crippen LogP) is 31.8. The van der Waals surface area contributed by atoms with Crippen molar-refractivity contribution in [1.29, 1.82) is 48.7 Å². The average Bonchev–Trinajstić information content (AvgIpc) is 0.854. The number of rotatable bonds is 36. The number of hydrogen-bond donors (Lipinski definition) is 18. The molecule has 28 heteroatoms. The number of hydrogen-bond acceptors (Lipinski definition) is 18. The molecule has 0 heterocycles. The summed E-state index contributed by atoms with van der Waals surface area (Å²) in [6.07, 6.45) is 18.2. The maximum Gasteiger partial charge on any atom is 0.160 e. The Kier molecular flexibility index (Phi) is 63.1. The molecule has 0 aromatic heterocycles. The molecule has 0 saturated carbocycles. The Labute approximate surface area is 836 Å². The molecule has 18 nitrogen and oxygen atoms in total. The molecule has 3 atom stereocenters. The molecular formula is C99H125Br10N9O9. The highest BCUT2D eigenvalue weighted by atomic mass is 75.9. The van der Waals surface area contributed by atoms with E-state index in [0.29, 0.717) is 129 Å². The van der Waals surface area contributed by atoms with Crippen molar-refractivity contribution < 1.29 is 46.0 Å². The zero-order chi connectivity index (χ0) is 95.8. The Morgan fingerprint density at radius 2 is 0.614 bits per heavy atom. The van der Waals surface area contributed by atoms with Crippen molar-refractivity contribution in [2.24, 2.45) is 0 Å². The third-order valence-electron chi connectivity index (χ3n) is 18.3. The number of aryl methyl sites for hydroxylation is 6. The monoisotopic (exact) mass is 2340 g/mol. The molecule has 0 fully saturated rings. The maximum absolute atomic E-state index is 9.78. The molecule has 9 rings (SSSR count). The van der Waals surface area contributed by atoms with E-state index in [-0.39, 0.29) is 17.2 Å². The number of phenols is 6. The smallest absolute Gasteiger partial charge is 0.160 e. The quantitative estimate of drug-likeness (QED) is 0.0131. The number of benzene rings is 9. The largest absolute Gasteiger partial charge is 0.508 e. The maximum atomic E-state index is 9.78. The van der Waals surface area contributed by atoms with Crippen LogP contribution < -0.4 is 0 Å². The molecule has 0 amide bonds. The molecule has 0 radical (unpaired) electrons. The van der Waals surface area contributed by atoms with Gasteiger partial charge in [-0.1, -0.05) is 188 Å². The Morgan fingerprint density at radius 1 is 0.244 bits per heavy atom. The molecular weight excluding hydrogens is 2220 g/mol. The summed E-state index contributed by atoms with van der Waals surface area (Å²) in [4.78, 5) is 0. The molecule has 690 valence electrons. The summed E-state index contributed by atoms with van der Waals surface area (Å²) >= 11 is 33.5. The van der Waals surface area contributed by atoms with Crippen molar-refractivity contribution in [2.45, 2.75) is 235 Å². The summed E-state index contributed by atoms with van der Waals surface area (Å²) in [6, 6.07) is 54.6. The van der Waals surface area contributed by atoms with Crippen LogP contribution in [0, 0.1) is 48.7 Å². The summed E-state index contributed by atoms with van der Waals surface area (Å²) in [5.41, 5.74) is 15.1. The van der Waals surface area contributed by atoms with Crippen LogP contribution in [0.15, 0.2) is 221 Å². The minimum Gasteiger partial charge on any atom is -0.508 e. The lowest BCUT2D eigenvalue weighted by Crippen LogP contribution is -2.00. The van der Waals surface area contributed by atoms with Crippen molar-refractivity contribution in [3.05, 3.63) is 271 Å². The highest BCUT2D eigenvalue weighted by molar-refractivity contribution is 9.12. The van der Waals surface area contributed by atoms with E-state index in [9.17, 15) is 46.0 Å². The summed E-state index contributed by atoms with van der Waals surface area (Å²) in [6.45, 7) is 16.2. The Morgan fingerprint density at radius 3 is 1.06 bits per heavy atom. The minimum absolute atomic E-state index is 0.0548. The lowest BCUT2D eigenvalue weighted by Gasteiger charge is -2.11. The van der Waals surface area contributed by atoms with Crippen LogP contribution in [0.3, 0.4) is 0 Å². The molecule has 0 spiro atoms. The fourth-order valence-electron chi connectivity index (χ4n) is 11.6. The first-order chi connectivity index (χ1) is 59.7. The Hall–Kier alpha value is -6.51. The van der Waals surface area contributed by atoms with Gasteiger partial charge in [0.2, 0.25) is 0 Å². The molecule has 127 heavy (non-hydrogen) atoms. The van der Waals surface area contributed by atoms with E-state index in [1.54, 1.807) is 77.1 Å². The third kappa shape index (κ3) is 58.8. The lowest BCUT2D eigenvalue weighted by molar-refractivity contribution is 0.169. The van der Waals surface area contributed by atoms with Crippen LogP contribution in [0.4, 0.5) is 0 Å². The van der Waals surface area contributed by atoms with Gasteiger partial charge in [0.25, 0.3) is 0 Å². The first-order valence-electron chi connectivity index (χ1n) is 41.5. The van der Waals surface area contributed by atoms with Crippen LogP contribution in [-0.4, -0.2) is 97.4 Å². The van der Waals surface area contributed by atoms with E-state index in [1.165, 1.54) is 27.7 Å². The van der Waals surface area contributed by atoms with Crippen LogP contribution >= 0.6 is 159 Å². The van der Waals surface area contributed by atoms with E-state index in [0.717, 1.165) is 173 Å². The fraction of sp³-hybridized carbons (Fsp3) is 0.364. The van der Waals surface area contributed by atoms with Crippen LogP contribution in [0.5, 0.6) is 34.5 Å². The third-order valence-corrected chi connectivity index (χ3v) is 24.0. The van der Waals surface area contributed by atoms with Gasteiger partial charge in [0.1, 0.15) is 23.0 Å². The molecule has 9 aromatic carbocycles. The van der Waals surface area contributed by atoms with E-state index in [4.69, 9.17) is 48.7 Å². The van der Waals surface area contributed by atoms with Gasteiger partial charge in [0.15, 0.2) is 11.5 Å². The number of aromatic hydroxyl groups is 6. The second-order valence-corrected chi connectivity index (χ2v) is 39.7. The first kappa shape index (κ1) is 118. The summed E-state index contributed by atoms with van der Waals surface area (Å²) < 4.78 is 9.25. The van der Waals surface area contributed by atoms with Crippen molar-refractivity contribution >= 4 is 211 Å². The van der Waals surface area contributed by atoms with Gasteiger partial charge in [-0.05, 0) is 414 Å². The van der Waals surface area contributed by atoms with E-state index < -0.39 is 18.3 Å². The topological polar surface area (TPSA) is 397 Å². The first-order valence-corrected chi connectivity index (χ1v) is 49.4. The molecule has 0 saturated heterocycles. The minimum atomic E-state index is -0.621. The van der Waals surface area contributed by atoms with Crippen LogP contribution in [-0.2, 0) is 38.5 Å². The second-order valence-electron chi connectivity index (χ2n) is 30.8. The van der Waals surface area contributed by atoms with Gasteiger partial charge in [0.05, 0.1) is 27.3 Å². The number of nitrogens with one attached hydrogen (secondary N) is 9. The second kappa shape index (κ2) is 67.6. The molecule has 0 aliphatic rings. The van der Waals surface area contributed by atoms with E-state index in [2.05, 4.69) is 196 Å². The van der Waals surface area contributed by atoms with Crippen LogP contribution in [0.1, 0.15) is 246 Å². The highest BCUT2D eigenvalue weighted by Gasteiger charge is 2.14. The fourth-order valence-corrected chi connectivity index (χ4v) is 16.2. The van der Waals surface area contributed by atoms with Gasteiger partial charge in [-0.25, -0.2) is 0 Å². The van der Waals surface area contributed by atoms with Crippen molar-refractivity contribution in [3.63, 3.8) is 0 Å². The Bertz CT molecular complexity index is 4850. The average molecular weight is 2340 g/mol. The molecule has 18 N–H and O–H groups in total. The molecule has 0 bridgehead atoms. The van der Waals surface area contributed by atoms with Gasteiger partial charge in [-0.15, -0.1) is 0 Å². The van der Waals surface area contributed by atoms with Gasteiger partial charge < -0.3 is 94.6 Å². The van der Waals surface area contributed by atoms with E-state index >= 15 is 0 Å². The zero-order valence-corrected chi connectivity index (χ0v) is 89.6. The van der Waals surface area contributed by atoms with E-state index in [1.807, 2.05) is 113 Å². The van der Waals surface area contributed by atoms with Crippen LogP contribution in [0.2, 0.25) is 0 Å². The van der Waals surface area contributed by atoms with Gasteiger partial charge in [0, 0.05) is 87.2 Å². The number of halogens is 10. The highest BCUT2D eigenvalue weighted by Crippen LogP contribution is 2.36. The predicted molar refractivity (Wildman–Crippen MR) is 566 cm³/mol. The molecule has 0 aliphatic carbocycles. The van der Waals surface area contributed by atoms with Crippen LogP contribution in [0.25, 0.3) is 0 Å². The summed E-state index contributed by atoms with van der Waals surface area (Å²) in [5, 5.41) is 152. The van der Waals surface area contributed by atoms with Gasteiger partial charge >= 0.3 is 0 Å². The number of aliphatic hydroxyl groups is 3. The van der Waals surface area contributed by atoms with Crippen molar-refractivity contribution in [2.75, 3.05) is 0 Å². The molecule has 9 aromatic rings. The van der Waals surface area contributed by atoms with Crippen molar-refractivity contribution in [3.8, 4) is 34.5 Å². The summed E-state index contributed by atoms with van der Waals surface area (Å²) in [5.74, 6) is 0.862. The van der Waals surface area contributed by atoms with Gasteiger partial charge in [-0.3, -0.25) is 0 Å². The van der Waals surface area contributed by atoms with Gasteiger partial charge in [-0.2, -0.15) is 0 Å². The van der Waals surface area contributed by atoms with Crippen molar-refractivity contribution in [1.82, 2.24) is 0 Å². The summed E-state index contributed by atoms with van der Waals surface area (Å²) in [7, 11) is 0. The zero-order valence-electron chi connectivity index (χ0n) is 73.8. The lowest BCUT2D eigenvalue weighted by atomic mass is 10.0. The molecule has 0 unspecified atom stereocenters. The number of phenolic OH excluding ortho intramolecular Hbond substituents is 6. The SMILES string of the molecule is CC(=N)CCCc1cc(O)cc([76Br])c1.CC(=N)CCCc1cc(O)ccc1[76Br].CC(=N)CCCc1cc([76Br])cc(O)c1O.CC(=N)CCCc1cc([76Br])cc([76Br])c1O.CC(=N)CCCc1cccc([76Br])c1.CC(=N)CCCc1ccccc1[76Br].CC(=N)CC[C@H](O)c1ccc([76Br])c(O)c1.CC(=N)CC[C@H](O)c1ccc([76Br])cc1.CC(=N)CC[C@H](O)c1cccc([76Br])c1. The standard InChI is InChI=1S/C11H13Br2NO.2C11H14BrNO2.4C11H14BrNO.2C11H14BrN/c1-7(14)3-2-4-8-5-9(12)6-10(13)11(8)15;1-7(13)2-5-10(14)8-3-4-9(12)11(15)6-8;1-7(13)3-2-4-8-5-9(12)6-10(14)11(8)15;1-8(13)2-7-11(14)9-3-5-10(12)6-4-9;1-8(13)3-2-4-9-5-10(12)7-11(14)6-9;1-8(13)5-6-11(14)9-3-2-4-10(12)7-9;1-8(13)3-2-4-9-7-10(14)5-6-11(9)12;1-9(13)4-2-5-10-6-3-7-11(12)8-10;1-9(13)5-4-7-10-6-2-3-8-11(10)12/h5-6,14-15H,2-4H2,1H3;3-4,6,10,13-15H,2,5H2,1H3;5-6,13-15H,2-4H2,1H3;3-6,11,13-14H,2,7H2,1H3;5-7,13-14H,2-4H2,1H3;2-4,7,11,13-14H,5-6H2,1H3;5-7,13-14H,2-4H2,1H3;3,6-8,13H,2,4-5H2,1H3;2-3,6,8,13H,4-5,7H2,1H3/t;10-;;11-;;11-;;;/m.0.0.0.../s1/i12-4,13-4;8*12-4. The Balaban J connectivity index is 0.000000715. The normalized spacial score (nSPS) is 10.9.